The van der Waals surface area contributed by atoms with Crippen LogP contribution >= 0.6 is 0 Å². The van der Waals surface area contributed by atoms with E-state index < -0.39 is 53.8 Å². The second kappa shape index (κ2) is 8.79. The number of ether oxygens (including phenoxy) is 2. The number of benzene rings is 2. The van der Waals surface area contributed by atoms with Crippen LogP contribution < -0.4 is 4.74 Å². The van der Waals surface area contributed by atoms with Crippen molar-refractivity contribution in [3.63, 3.8) is 0 Å². The van der Waals surface area contributed by atoms with Crippen molar-refractivity contribution < 1.29 is 49.7 Å². The molecule has 184 valence electrons. The van der Waals surface area contributed by atoms with E-state index >= 15 is 0 Å². The number of ketones is 1. The molecule has 0 aromatic heterocycles. The molecule has 1 heterocycles. The van der Waals surface area contributed by atoms with Crippen LogP contribution in [0.3, 0.4) is 0 Å². The van der Waals surface area contributed by atoms with E-state index in [1.54, 1.807) is 6.92 Å². The molecule has 10 heteroatoms. The zero-order valence-corrected chi connectivity index (χ0v) is 18.8. The van der Waals surface area contributed by atoms with Crippen LogP contribution in [-0.2, 0) is 4.74 Å². The van der Waals surface area contributed by atoms with Crippen LogP contribution in [0, 0.1) is 6.92 Å². The topological polar surface area (TPSA) is 174 Å². The summed E-state index contributed by atoms with van der Waals surface area (Å²) in [6.07, 6.45) is -5.89. The first kappa shape index (κ1) is 24.4. The fraction of sp³-hybridized carbons (Fsp3) is 0.500. The number of carboxylic acid groups (broad SMARTS) is 1. The lowest BCUT2D eigenvalue weighted by Gasteiger charge is -2.45. The molecule has 0 unspecified atom stereocenters. The number of aromatic hydroxyl groups is 1. The molecule has 2 aromatic carbocycles. The van der Waals surface area contributed by atoms with E-state index in [-0.39, 0.29) is 27.6 Å². The minimum Gasteiger partial charge on any atom is -0.506 e. The third-order valence-corrected chi connectivity index (χ3v) is 6.78. The fourth-order valence-electron chi connectivity index (χ4n) is 5.07. The number of aliphatic hydroxyl groups excluding tert-OH is 3. The van der Waals surface area contributed by atoms with E-state index in [1.165, 1.54) is 19.1 Å². The monoisotopic (exact) mass is 476 g/mol. The third-order valence-electron chi connectivity index (χ3n) is 6.78. The molecule has 5 atom stereocenters. The second-order valence-corrected chi connectivity index (χ2v) is 9.18. The van der Waals surface area contributed by atoms with Crippen LogP contribution in [0.15, 0.2) is 18.2 Å². The van der Waals surface area contributed by atoms with Gasteiger partial charge in [0.25, 0.3) is 0 Å². The molecule has 0 amide bonds. The normalized spacial score (nSPS) is 28.7. The number of hydrogen-bond acceptors (Lipinski definition) is 9. The summed E-state index contributed by atoms with van der Waals surface area (Å²) in [4.78, 5) is 23.8. The molecule has 0 spiro atoms. The molecule has 1 aliphatic carbocycles. The Kier molecular flexibility index (Phi) is 6.30. The third kappa shape index (κ3) is 4.01. The van der Waals surface area contributed by atoms with Crippen LogP contribution in [0.1, 0.15) is 58.9 Å². The first-order chi connectivity index (χ1) is 15.9. The highest BCUT2D eigenvalue weighted by atomic mass is 16.7. The van der Waals surface area contributed by atoms with Gasteiger partial charge in [0.05, 0.1) is 22.1 Å². The summed E-state index contributed by atoms with van der Waals surface area (Å²) in [5.41, 5.74) is -1.16. The molecule has 0 radical (unpaired) electrons. The summed E-state index contributed by atoms with van der Waals surface area (Å²) in [5, 5.41) is 63.1. The van der Waals surface area contributed by atoms with Crippen molar-refractivity contribution in [1.29, 1.82) is 0 Å². The highest BCUT2D eigenvalue weighted by Crippen LogP contribution is 2.42. The van der Waals surface area contributed by atoms with E-state index in [1.807, 2.05) is 0 Å². The molecule has 6 N–H and O–H groups in total. The Balaban J connectivity index is 1.81. The van der Waals surface area contributed by atoms with E-state index in [0.29, 0.717) is 31.2 Å². The Morgan fingerprint density at radius 3 is 2.29 bits per heavy atom. The Hall–Kier alpha value is -2.76. The molecule has 1 aliphatic heterocycles. The number of hydrogen-bond donors (Lipinski definition) is 6. The lowest BCUT2D eigenvalue weighted by Crippen LogP contribution is -2.65. The predicted molar refractivity (Wildman–Crippen MR) is 118 cm³/mol. The largest absolute Gasteiger partial charge is 0.506 e. The lowest BCUT2D eigenvalue weighted by atomic mass is 9.85. The van der Waals surface area contributed by atoms with Gasteiger partial charge in [0.2, 0.25) is 6.29 Å². The Morgan fingerprint density at radius 2 is 1.71 bits per heavy atom. The van der Waals surface area contributed by atoms with Gasteiger partial charge < -0.3 is 40.1 Å². The van der Waals surface area contributed by atoms with Gasteiger partial charge in [0.1, 0.15) is 35.9 Å². The van der Waals surface area contributed by atoms with Gasteiger partial charge in [-0.1, -0.05) is 18.9 Å². The van der Waals surface area contributed by atoms with Gasteiger partial charge in [0.15, 0.2) is 5.78 Å². The Labute approximate surface area is 195 Å². The van der Waals surface area contributed by atoms with Crippen molar-refractivity contribution >= 4 is 22.5 Å². The average molecular weight is 476 g/mol. The number of phenolic OH excluding ortho intramolecular Hbond substituents is 1. The van der Waals surface area contributed by atoms with Crippen LogP contribution in [0.5, 0.6) is 11.5 Å². The van der Waals surface area contributed by atoms with Crippen LogP contribution in [0.4, 0.5) is 0 Å². The number of carboxylic acids is 1. The van der Waals surface area contributed by atoms with Gasteiger partial charge in [-0.25, -0.2) is 4.79 Å². The molecular weight excluding hydrogens is 448 g/mol. The summed E-state index contributed by atoms with van der Waals surface area (Å²) in [5.74, 6) is -2.33. The number of aromatic carboxylic acids is 1. The van der Waals surface area contributed by atoms with Gasteiger partial charge in [-0.2, -0.15) is 0 Å². The maximum atomic E-state index is 12.1. The standard InChI is InChI=1S/C24H28O10/c1-10-7-12-8-13(22(30)31)9-14(16(12)17(26)15(10)11(2)25)33-23-20(29)18(27)19(28)21(34-23)24(32)5-3-4-6-24/h7-9,18-21,23,26-29,32H,3-6H2,1-2H3,(H,30,31)/t18-,19-,20+,21-,23-/m0/s1. The highest BCUT2D eigenvalue weighted by molar-refractivity contribution is 6.08. The Bertz CT molecular complexity index is 1140. The maximum absolute atomic E-state index is 12.1. The second-order valence-electron chi connectivity index (χ2n) is 9.18. The van der Waals surface area contributed by atoms with E-state index in [2.05, 4.69) is 0 Å². The average Bonchev–Trinajstić information content (AvgIpc) is 3.20. The molecule has 4 rings (SSSR count). The molecule has 0 bridgehead atoms. The van der Waals surface area contributed by atoms with Crippen molar-refractivity contribution in [1.82, 2.24) is 0 Å². The minimum atomic E-state index is -1.75. The van der Waals surface area contributed by atoms with Crippen molar-refractivity contribution in [2.24, 2.45) is 0 Å². The number of carbonyl (C=O) groups is 2. The van der Waals surface area contributed by atoms with Crippen molar-refractivity contribution in [3.05, 3.63) is 34.9 Å². The number of fused-ring (bicyclic) bond motifs is 1. The first-order valence-corrected chi connectivity index (χ1v) is 11.1. The predicted octanol–water partition coefficient (Wildman–Crippen LogP) is 1.25. The molecule has 2 aromatic rings. The lowest BCUT2D eigenvalue weighted by molar-refractivity contribution is -0.303. The summed E-state index contributed by atoms with van der Waals surface area (Å²) in [6, 6.07) is 3.95. The van der Waals surface area contributed by atoms with E-state index in [0.717, 1.165) is 6.07 Å². The minimum absolute atomic E-state index is 0.0216. The SMILES string of the molecule is CC(=O)c1c(C)cc2cc(C(=O)O)cc(O[C@H]3O[C@H](C4(O)CCCC4)[C@@H](O)[C@H](O)[C@H]3O)c2c1O. The zero-order valence-electron chi connectivity index (χ0n) is 18.8. The molecule has 10 nitrogen and oxygen atoms in total. The number of carbonyl (C=O) groups excluding carboxylic acids is 1. The van der Waals surface area contributed by atoms with Crippen molar-refractivity contribution in [2.45, 2.75) is 75.8 Å². The number of phenols is 1. The molecule has 34 heavy (non-hydrogen) atoms. The molecule has 2 fully saturated rings. The van der Waals surface area contributed by atoms with Gasteiger partial charge >= 0.3 is 5.97 Å². The van der Waals surface area contributed by atoms with Crippen LogP contribution in [-0.4, -0.2) is 78.7 Å². The van der Waals surface area contributed by atoms with Gasteiger partial charge in [-0.05, 0) is 49.8 Å². The first-order valence-electron chi connectivity index (χ1n) is 11.1. The zero-order chi connectivity index (χ0) is 24.9. The summed E-state index contributed by atoms with van der Waals surface area (Å²) < 4.78 is 11.5. The van der Waals surface area contributed by atoms with E-state index in [9.17, 15) is 40.2 Å². The summed E-state index contributed by atoms with van der Waals surface area (Å²) >= 11 is 0. The fourth-order valence-corrected chi connectivity index (χ4v) is 5.07. The number of aryl methyl sites for hydroxylation is 1. The molecule has 1 saturated heterocycles. The number of rotatable bonds is 5. The van der Waals surface area contributed by atoms with Gasteiger partial charge in [-0.15, -0.1) is 0 Å². The van der Waals surface area contributed by atoms with Crippen LogP contribution in [0.25, 0.3) is 10.8 Å². The molecule has 2 aliphatic rings. The number of aliphatic hydroxyl groups is 4. The van der Waals surface area contributed by atoms with Gasteiger partial charge in [0, 0.05) is 0 Å². The van der Waals surface area contributed by atoms with Crippen molar-refractivity contribution in [2.75, 3.05) is 0 Å². The molecular formula is C24H28O10. The summed E-state index contributed by atoms with van der Waals surface area (Å²) in [7, 11) is 0. The van der Waals surface area contributed by atoms with Crippen molar-refractivity contribution in [3.8, 4) is 11.5 Å². The maximum Gasteiger partial charge on any atom is 0.335 e. The summed E-state index contributed by atoms with van der Waals surface area (Å²) in [6.45, 7) is 2.88. The van der Waals surface area contributed by atoms with E-state index in [4.69, 9.17) is 9.47 Å². The number of Topliss-reactive ketones (excluding diaryl/α,β-unsaturated/α-hetero) is 1. The smallest absolute Gasteiger partial charge is 0.335 e. The highest BCUT2D eigenvalue weighted by Gasteiger charge is 2.54. The quantitative estimate of drug-likeness (QED) is 0.345. The molecule has 1 saturated carbocycles. The van der Waals surface area contributed by atoms with Crippen LogP contribution in [0.2, 0.25) is 0 Å². The van der Waals surface area contributed by atoms with Gasteiger partial charge in [-0.3, -0.25) is 4.79 Å². The Morgan fingerprint density at radius 1 is 1.06 bits per heavy atom.